The van der Waals surface area contributed by atoms with E-state index in [1.807, 2.05) is 41.5 Å². The fraction of sp³-hybridized carbons (Fsp3) is 0.259. The molecule has 2 aromatic heterocycles. The molecule has 1 amide bonds. The number of aryl methyl sites for hydroxylation is 1. The number of hydrogen-bond acceptors (Lipinski definition) is 3. The Kier molecular flexibility index (Phi) is 6.96. The Hall–Kier alpha value is -3.11. The number of rotatable bonds is 2. The first-order chi connectivity index (χ1) is 16.7. The summed E-state index contributed by atoms with van der Waals surface area (Å²) in [5.41, 5.74) is 3.79. The van der Waals surface area contributed by atoms with Crippen molar-refractivity contribution in [3.05, 3.63) is 102 Å². The molecule has 0 atom stereocenters. The number of benzene rings is 1. The van der Waals surface area contributed by atoms with Gasteiger partial charge in [0, 0.05) is 5.92 Å². The van der Waals surface area contributed by atoms with Crippen LogP contribution in [-0.4, -0.2) is 28.9 Å². The molecular formula is C27H27N5OW. The summed E-state index contributed by atoms with van der Waals surface area (Å²) in [5.74, 6) is 1.51. The van der Waals surface area contributed by atoms with Crippen LogP contribution in [-0.2, 0) is 32.3 Å². The molecule has 5 rings (SSSR count). The molecule has 34 heavy (non-hydrogen) atoms. The molecule has 1 fully saturated rings. The summed E-state index contributed by atoms with van der Waals surface area (Å²) < 4.78 is 5.40. The number of carbonyl (C=O) groups is 1. The van der Waals surface area contributed by atoms with Crippen LogP contribution in [0.25, 0.3) is 5.69 Å². The van der Waals surface area contributed by atoms with E-state index in [0.29, 0.717) is 11.5 Å². The number of fused-ring (bicyclic) bond motifs is 2. The summed E-state index contributed by atoms with van der Waals surface area (Å²) in [6.07, 6.45) is 25.0. The average Bonchev–Trinajstić information content (AvgIpc) is 3.38. The number of imidazole rings is 2. The Bertz CT molecular complexity index is 1290. The van der Waals surface area contributed by atoms with Gasteiger partial charge in [-0.25, -0.2) is 4.98 Å². The van der Waals surface area contributed by atoms with Gasteiger partial charge in [0.1, 0.15) is 0 Å². The van der Waals surface area contributed by atoms with Crippen LogP contribution in [0, 0.1) is 0 Å². The van der Waals surface area contributed by atoms with E-state index in [9.17, 15) is 4.79 Å². The number of nitrogens with one attached hydrogen (secondary N) is 1. The predicted octanol–water partition coefficient (Wildman–Crippen LogP) is 4.41. The fourth-order valence-electron chi connectivity index (χ4n) is 4.08. The third-order valence-corrected chi connectivity index (χ3v) is 7.26. The molecule has 0 spiro atoms. The van der Waals surface area contributed by atoms with Gasteiger partial charge < -0.3 is 0 Å². The first-order valence-corrected chi connectivity index (χ1v) is 13.2. The fourth-order valence-corrected chi connectivity index (χ4v) is 4.97. The van der Waals surface area contributed by atoms with Crippen molar-refractivity contribution in [3.8, 4) is 5.69 Å². The Morgan fingerprint density at radius 3 is 2.91 bits per heavy atom. The van der Waals surface area contributed by atoms with E-state index in [4.69, 9.17) is 0 Å². The van der Waals surface area contributed by atoms with Crippen molar-refractivity contribution >= 4 is 9.81 Å². The third-order valence-electron chi connectivity index (χ3n) is 6.11. The maximum absolute atomic E-state index is 13.1. The van der Waals surface area contributed by atoms with Gasteiger partial charge in [-0.1, -0.05) is 0 Å². The zero-order valence-corrected chi connectivity index (χ0v) is 21.9. The summed E-state index contributed by atoms with van der Waals surface area (Å²) in [6.45, 7) is 0.938. The molecule has 7 heteroatoms. The topological polar surface area (TPSA) is 64.7 Å². The van der Waals surface area contributed by atoms with E-state index < -0.39 is 0 Å². The molecule has 1 N–H and O–H groups in total. The summed E-state index contributed by atoms with van der Waals surface area (Å²) in [7, 11) is 0. The zero-order valence-electron chi connectivity index (χ0n) is 18.9. The van der Waals surface area contributed by atoms with Crippen molar-refractivity contribution in [2.24, 2.45) is 0 Å². The summed E-state index contributed by atoms with van der Waals surface area (Å²) in [4.78, 5) is 22.2. The second-order valence-corrected chi connectivity index (χ2v) is 10.2. The molecule has 0 bridgehead atoms. The Labute approximate surface area is 210 Å². The monoisotopic (exact) mass is 621 g/mol. The number of carbonyl (C=O) groups excluding carboxylic acids is 1. The average molecular weight is 621 g/mol. The van der Waals surface area contributed by atoms with Crippen LogP contribution in [0.2, 0.25) is 0 Å². The van der Waals surface area contributed by atoms with Crippen LogP contribution < -0.4 is 5.32 Å². The van der Waals surface area contributed by atoms with Crippen LogP contribution in [0.4, 0.5) is 0 Å². The van der Waals surface area contributed by atoms with E-state index in [1.165, 1.54) is 36.1 Å². The Morgan fingerprint density at radius 2 is 2.03 bits per heavy atom. The SMILES string of the molecule is O=C1NC=CC=C[C](=[W])c2nccn2CCCC=CCc2ccc(-n3cnc(C4CC4)c3)cc21. The molecule has 0 saturated heterocycles. The van der Waals surface area contributed by atoms with Crippen LogP contribution in [0.5, 0.6) is 0 Å². The van der Waals surface area contributed by atoms with Gasteiger partial charge in [0.25, 0.3) is 0 Å². The first-order valence-electron chi connectivity index (χ1n) is 11.7. The zero-order chi connectivity index (χ0) is 23.3. The minimum absolute atomic E-state index is 0.108. The van der Waals surface area contributed by atoms with E-state index in [1.54, 1.807) is 6.20 Å². The predicted molar refractivity (Wildman–Crippen MR) is 130 cm³/mol. The summed E-state index contributed by atoms with van der Waals surface area (Å²) in [5, 5.41) is 2.93. The van der Waals surface area contributed by atoms with Crippen molar-refractivity contribution in [2.75, 3.05) is 0 Å². The number of hydrogen-bond donors (Lipinski definition) is 1. The summed E-state index contributed by atoms with van der Waals surface area (Å²) >= 11 is 1.36. The Morgan fingerprint density at radius 1 is 1.12 bits per heavy atom. The molecule has 0 radical (unpaired) electrons. The van der Waals surface area contributed by atoms with E-state index in [-0.39, 0.29) is 5.91 Å². The van der Waals surface area contributed by atoms with E-state index in [2.05, 4.69) is 56.4 Å². The van der Waals surface area contributed by atoms with Crippen molar-refractivity contribution in [2.45, 2.75) is 44.6 Å². The molecule has 1 aliphatic carbocycles. The quantitative estimate of drug-likeness (QED) is 0.432. The number of amides is 1. The van der Waals surface area contributed by atoms with Crippen LogP contribution >= 0.6 is 0 Å². The normalized spacial score (nSPS) is 17.2. The van der Waals surface area contributed by atoms with Gasteiger partial charge in [-0.3, -0.25) is 0 Å². The van der Waals surface area contributed by atoms with Gasteiger partial charge in [0.05, 0.1) is 5.69 Å². The second-order valence-electron chi connectivity index (χ2n) is 8.64. The van der Waals surface area contributed by atoms with Crippen LogP contribution in [0.1, 0.15) is 59.0 Å². The molecule has 0 unspecified atom stereocenters. The summed E-state index contributed by atoms with van der Waals surface area (Å²) in [6, 6.07) is 6.10. The van der Waals surface area contributed by atoms with E-state index in [0.717, 1.165) is 48.6 Å². The molecule has 6 nitrogen and oxygen atoms in total. The molecule has 1 saturated carbocycles. The standard InChI is InChI=1S/C27H27N5O.W/c33-27-24-18-23(32-19-25(30-20-32)22-10-11-22)13-12-21(24)8-4-1-2-7-16-31-17-15-28-26(31)9-5-3-6-14-29-27;/h1,3-6,12-15,17-20,22H,2,7-8,10-11,16H2,(H,29,33);. The van der Waals surface area contributed by atoms with Gasteiger partial charge in [0.2, 0.25) is 0 Å². The number of allylic oxidation sites excluding steroid dienone is 5. The molecule has 2 aliphatic rings. The minimum atomic E-state index is -0.108. The van der Waals surface area contributed by atoms with Gasteiger partial charge in [-0.05, 0) is 12.8 Å². The molecule has 1 aromatic carbocycles. The van der Waals surface area contributed by atoms with Crippen LogP contribution in [0.15, 0.2) is 79.7 Å². The first kappa shape index (κ1) is 22.7. The van der Waals surface area contributed by atoms with Gasteiger partial charge >= 0.3 is 182 Å². The van der Waals surface area contributed by atoms with Crippen molar-refractivity contribution < 1.29 is 24.1 Å². The molecule has 3 heterocycles. The number of nitrogens with zero attached hydrogens (tertiary/aromatic N) is 4. The maximum atomic E-state index is 13.1. The molecule has 1 aliphatic heterocycles. The molecule has 172 valence electrons. The van der Waals surface area contributed by atoms with Crippen LogP contribution in [0.3, 0.4) is 0 Å². The van der Waals surface area contributed by atoms with Crippen molar-refractivity contribution in [1.29, 1.82) is 0 Å². The second kappa shape index (κ2) is 10.4. The molecular weight excluding hydrogens is 594 g/mol. The van der Waals surface area contributed by atoms with Crippen molar-refractivity contribution in [1.82, 2.24) is 24.4 Å². The van der Waals surface area contributed by atoms with Crippen molar-refractivity contribution in [3.63, 3.8) is 0 Å². The third kappa shape index (κ3) is 5.34. The Balaban J connectivity index is 1.40. The van der Waals surface area contributed by atoms with E-state index >= 15 is 0 Å². The molecule has 3 aromatic rings. The van der Waals surface area contributed by atoms with Gasteiger partial charge in [-0.15, -0.1) is 0 Å². The number of aromatic nitrogens is 4. The van der Waals surface area contributed by atoms with Gasteiger partial charge in [0.15, 0.2) is 0 Å². The van der Waals surface area contributed by atoms with Gasteiger partial charge in [-0.2, -0.15) is 0 Å².